The molecule has 1 unspecified atom stereocenters. The lowest BCUT2D eigenvalue weighted by molar-refractivity contribution is 0.0742. The first-order valence-corrected chi connectivity index (χ1v) is 16.3. The number of hydrogen-bond acceptors (Lipinski definition) is 4. The summed E-state index contributed by atoms with van der Waals surface area (Å²) in [4.78, 5) is 9.74. The van der Waals surface area contributed by atoms with Gasteiger partial charge in [-0.3, -0.25) is 9.05 Å². The quantitative estimate of drug-likeness (QED) is 0.0807. The van der Waals surface area contributed by atoms with Crippen LogP contribution in [0.4, 0.5) is 0 Å². The summed E-state index contributed by atoms with van der Waals surface area (Å²) < 4.78 is 27.5. The number of hydrogen-bond donors (Lipinski definition) is 1. The van der Waals surface area contributed by atoms with Gasteiger partial charge in [0.25, 0.3) is 0 Å². The average molecular weight is 507 g/mol. The lowest BCUT2D eigenvalue weighted by Crippen LogP contribution is -2.06. The third-order valence-corrected chi connectivity index (χ3v) is 7.39. The van der Waals surface area contributed by atoms with E-state index in [1.165, 1.54) is 122 Å². The van der Waals surface area contributed by atoms with Gasteiger partial charge in [-0.05, 0) is 12.8 Å². The minimum Gasteiger partial charge on any atom is -0.379 e. The van der Waals surface area contributed by atoms with E-state index in [1.54, 1.807) is 0 Å². The van der Waals surface area contributed by atoms with Crippen LogP contribution >= 0.6 is 7.82 Å². The molecule has 0 saturated carbocycles. The van der Waals surface area contributed by atoms with E-state index in [2.05, 4.69) is 13.8 Å². The van der Waals surface area contributed by atoms with Crippen molar-refractivity contribution in [1.82, 2.24) is 0 Å². The first kappa shape index (κ1) is 34.1. The van der Waals surface area contributed by atoms with E-state index in [-0.39, 0.29) is 13.2 Å². The van der Waals surface area contributed by atoms with Gasteiger partial charge in [-0.1, -0.05) is 142 Å². The standard InChI is InChI=1S/C28H59O5P/c1-3-5-7-9-11-13-15-17-19-21-23-25-31-27-28-33-34(29,30)32-26-24-22-20-18-16-14-12-10-8-6-4-2/h3-28H2,1-2H3,(H,29,30). The molecule has 206 valence electrons. The van der Waals surface area contributed by atoms with Gasteiger partial charge in [-0.2, -0.15) is 0 Å². The van der Waals surface area contributed by atoms with Crippen molar-refractivity contribution in [3.05, 3.63) is 0 Å². The summed E-state index contributed by atoms with van der Waals surface area (Å²) in [6, 6.07) is 0. The summed E-state index contributed by atoms with van der Waals surface area (Å²) in [5, 5.41) is 0. The molecule has 0 aliphatic rings. The van der Waals surface area contributed by atoms with E-state index in [0.29, 0.717) is 13.2 Å². The van der Waals surface area contributed by atoms with Crippen molar-refractivity contribution >= 4 is 7.82 Å². The van der Waals surface area contributed by atoms with Crippen molar-refractivity contribution in [1.29, 1.82) is 0 Å². The first-order chi connectivity index (χ1) is 16.6. The number of rotatable bonds is 29. The third kappa shape index (κ3) is 28.3. The molecule has 0 rings (SSSR count). The van der Waals surface area contributed by atoms with Gasteiger partial charge in [-0.15, -0.1) is 0 Å². The zero-order valence-corrected chi connectivity index (χ0v) is 23.8. The van der Waals surface area contributed by atoms with Crippen molar-refractivity contribution in [3.63, 3.8) is 0 Å². The zero-order chi connectivity index (χ0) is 25.0. The van der Waals surface area contributed by atoms with Crippen molar-refractivity contribution in [2.24, 2.45) is 0 Å². The highest BCUT2D eigenvalue weighted by Crippen LogP contribution is 2.43. The maximum Gasteiger partial charge on any atom is 0.472 e. The second-order valence-electron chi connectivity index (χ2n) is 9.82. The lowest BCUT2D eigenvalue weighted by atomic mass is 10.1. The van der Waals surface area contributed by atoms with E-state index in [0.717, 1.165) is 19.3 Å². The normalized spacial score (nSPS) is 13.4. The molecule has 0 amide bonds. The van der Waals surface area contributed by atoms with Gasteiger partial charge < -0.3 is 9.63 Å². The number of phosphoric acid groups is 1. The van der Waals surface area contributed by atoms with Crippen molar-refractivity contribution in [3.8, 4) is 0 Å². The molecular weight excluding hydrogens is 447 g/mol. The summed E-state index contributed by atoms with van der Waals surface area (Å²) in [5.41, 5.74) is 0. The van der Waals surface area contributed by atoms with Crippen molar-refractivity contribution in [2.75, 3.05) is 26.4 Å². The Balaban J connectivity index is 3.28. The number of ether oxygens (including phenoxy) is 1. The van der Waals surface area contributed by atoms with Gasteiger partial charge in [0.2, 0.25) is 0 Å². The molecule has 0 bridgehead atoms. The van der Waals surface area contributed by atoms with Crippen LogP contribution in [0.5, 0.6) is 0 Å². The highest BCUT2D eigenvalue weighted by atomic mass is 31.2. The summed E-state index contributed by atoms with van der Waals surface area (Å²) in [6.45, 7) is 5.92. The Morgan fingerprint density at radius 1 is 0.441 bits per heavy atom. The fraction of sp³-hybridized carbons (Fsp3) is 1.00. The Kier molecular flexibility index (Phi) is 27.7. The Labute approximate surface area is 212 Å². The number of unbranched alkanes of at least 4 members (excludes halogenated alkanes) is 20. The highest BCUT2D eigenvalue weighted by molar-refractivity contribution is 7.47. The Morgan fingerprint density at radius 3 is 1.18 bits per heavy atom. The van der Waals surface area contributed by atoms with Crippen LogP contribution in [0.15, 0.2) is 0 Å². The monoisotopic (exact) mass is 506 g/mol. The molecule has 1 N–H and O–H groups in total. The fourth-order valence-corrected chi connectivity index (χ4v) is 4.91. The summed E-state index contributed by atoms with van der Waals surface area (Å²) >= 11 is 0. The Bertz CT molecular complexity index is 433. The van der Waals surface area contributed by atoms with Gasteiger partial charge in [0.1, 0.15) is 0 Å². The van der Waals surface area contributed by atoms with E-state index in [4.69, 9.17) is 13.8 Å². The van der Waals surface area contributed by atoms with Crippen molar-refractivity contribution in [2.45, 2.75) is 155 Å². The second kappa shape index (κ2) is 27.7. The van der Waals surface area contributed by atoms with Crippen LogP contribution in [0.1, 0.15) is 155 Å². The largest absolute Gasteiger partial charge is 0.472 e. The maximum atomic E-state index is 11.9. The zero-order valence-electron chi connectivity index (χ0n) is 22.9. The maximum absolute atomic E-state index is 11.9. The second-order valence-corrected chi connectivity index (χ2v) is 11.3. The summed E-state index contributed by atoms with van der Waals surface area (Å²) in [6.07, 6.45) is 28.1. The molecule has 0 aromatic carbocycles. The average Bonchev–Trinajstić information content (AvgIpc) is 2.82. The van der Waals surface area contributed by atoms with Gasteiger partial charge in [0.15, 0.2) is 0 Å². The minimum absolute atomic E-state index is 0.101. The van der Waals surface area contributed by atoms with Crippen LogP contribution in [0, 0.1) is 0 Å². The van der Waals surface area contributed by atoms with Gasteiger partial charge >= 0.3 is 7.82 Å². The van der Waals surface area contributed by atoms with Crippen molar-refractivity contribution < 1.29 is 23.2 Å². The van der Waals surface area contributed by atoms with Gasteiger partial charge in [-0.25, -0.2) is 4.57 Å². The predicted molar refractivity (Wildman–Crippen MR) is 145 cm³/mol. The smallest absolute Gasteiger partial charge is 0.379 e. The minimum atomic E-state index is -3.94. The third-order valence-electron chi connectivity index (χ3n) is 6.38. The molecule has 34 heavy (non-hydrogen) atoms. The Hall–Kier alpha value is 0.0700. The first-order valence-electron chi connectivity index (χ1n) is 14.8. The summed E-state index contributed by atoms with van der Waals surface area (Å²) in [5.74, 6) is 0. The molecule has 0 heterocycles. The topological polar surface area (TPSA) is 65.0 Å². The Morgan fingerprint density at radius 2 is 0.765 bits per heavy atom. The molecule has 1 atom stereocenters. The highest BCUT2D eigenvalue weighted by Gasteiger charge is 2.20. The van der Waals surface area contributed by atoms with Crippen LogP contribution in [0.25, 0.3) is 0 Å². The lowest BCUT2D eigenvalue weighted by Gasteiger charge is -2.12. The van der Waals surface area contributed by atoms with Crippen LogP contribution in [0.3, 0.4) is 0 Å². The molecule has 5 nitrogen and oxygen atoms in total. The summed E-state index contributed by atoms with van der Waals surface area (Å²) in [7, 11) is -3.94. The molecule has 0 aliphatic carbocycles. The van der Waals surface area contributed by atoms with E-state index in [1.807, 2.05) is 0 Å². The van der Waals surface area contributed by atoms with E-state index in [9.17, 15) is 9.46 Å². The molecule has 0 fully saturated rings. The molecule has 0 saturated heterocycles. The van der Waals surface area contributed by atoms with E-state index >= 15 is 0 Å². The van der Waals surface area contributed by atoms with Gasteiger partial charge in [0, 0.05) is 6.61 Å². The number of phosphoric ester groups is 1. The molecule has 0 aliphatic heterocycles. The molecule has 0 aromatic heterocycles. The van der Waals surface area contributed by atoms with Crippen LogP contribution in [0.2, 0.25) is 0 Å². The van der Waals surface area contributed by atoms with Crippen LogP contribution in [-0.2, 0) is 18.3 Å². The van der Waals surface area contributed by atoms with Gasteiger partial charge in [0.05, 0.1) is 19.8 Å². The molecule has 0 spiro atoms. The SMILES string of the molecule is CCCCCCCCCCCCCOCCOP(=O)(O)OCCCCCCCCCCCCC. The van der Waals surface area contributed by atoms with Crippen LogP contribution < -0.4 is 0 Å². The van der Waals surface area contributed by atoms with E-state index < -0.39 is 7.82 Å². The predicted octanol–water partition coefficient (Wildman–Crippen LogP) is 9.76. The van der Waals surface area contributed by atoms with Crippen LogP contribution in [-0.4, -0.2) is 31.3 Å². The molecular formula is C28H59O5P. The fourth-order valence-electron chi connectivity index (χ4n) is 4.17. The molecule has 0 aromatic rings. The molecule has 6 heteroatoms. The molecule has 0 radical (unpaired) electrons.